The van der Waals surface area contributed by atoms with Gasteiger partial charge in [-0.3, -0.25) is 4.79 Å². The lowest BCUT2D eigenvalue weighted by atomic mass is 10.1. The largest absolute Gasteiger partial charge is 0.480 e. The summed E-state index contributed by atoms with van der Waals surface area (Å²) in [5.74, 6) is -1.57. The van der Waals surface area contributed by atoms with Crippen molar-refractivity contribution in [3.8, 4) is 0 Å². The third-order valence-electron chi connectivity index (χ3n) is 5.92. The number of carboxylic acid groups (broad SMARTS) is 1. The van der Waals surface area contributed by atoms with Crippen molar-refractivity contribution in [2.45, 2.75) is 30.5 Å². The van der Waals surface area contributed by atoms with Gasteiger partial charge in [-0.15, -0.1) is 0 Å². The number of carbonyl (C=O) groups excluding carboxylic acids is 1. The van der Waals surface area contributed by atoms with Crippen molar-refractivity contribution in [1.82, 2.24) is 9.69 Å². The van der Waals surface area contributed by atoms with Gasteiger partial charge in [-0.25, -0.2) is 13.2 Å². The molecule has 0 spiro atoms. The molecular formula is C26H23Cl2N3O6S2. The van der Waals surface area contributed by atoms with E-state index < -0.39 is 27.8 Å². The second-order valence-corrected chi connectivity index (χ2v) is 12.3. The fourth-order valence-electron chi connectivity index (χ4n) is 3.86. The minimum Gasteiger partial charge on any atom is -0.480 e. The second kappa shape index (κ2) is 11.9. The number of anilines is 1. The molecule has 1 atom stereocenters. The van der Waals surface area contributed by atoms with Crippen LogP contribution in [0.5, 0.6) is 0 Å². The van der Waals surface area contributed by atoms with Crippen LogP contribution in [0, 0.1) is 0 Å². The van der Waals surface area contributed by atoms with Crippen molar-refractivity contribution >= 4 is 72.4 Å². The van der Waals surface area contributed by atoms with Crippen LogP contribution in [0.2, 0.25) is 10.0 Å². The molecule has 204 valence electrons. The molecule has 1 aromatic heterocycles. The highest BCUT2D eigenvalue weighted by molar-refractivity contribution is 7.90. The van der Waals surface area contributed by atoms with Crippen LogP contribution >= 0.6 is 34.7 Å². The number of rotatable bonds is 10. The summed E-state index contributed by atoms with van der Waals surface area (Å²) >= 11 is 14.1. The Morgan fingerprint density at radius 2 is 1.74 bits per heavy atom. The quantitative estimate of drug-likeness (QED) is 0.205. The SMILES string of the molecule is CS(=O)(=O)c1cccc(CC(NC(=O)c2c(Cl)cc3c(NCc4ccc(CO)cc4)nsc3c2Cl)C(=O)O)c1. The Kier molecular flexibility index (Phi) is 8.77. The van der Waals surface area contributed by atoms with Gasteiger partial charge in [0.25, 0.3) is 5.91 Å². The van der Waals surface area contributed by atoms with Crippen molar-refractivity contribution in [1.29, 1.82) is 0 Å². The summed E-state index contributed by atoms with van der Waals surface area (Å²) in [6.07, 6.45) is 0.897. The highest BCUT2D eigenvalue weighted by atomic mass is 35.5. The Labute approximate surface area is 238 Å². The van der Waals surface area contributed by atoms with Crippen molar-refractivity contribution < 1.29 is 28.2 Å². The van der Waals surface area contributed by atoms with E-state index in [1.54, 1.807) is 12.1 Å². The maximum Gasteiger partial charge on any atom is 0.326 e. The Hall–Kier alpha value is -3.22. The van der Waals surface area contributed by atoms with Crippen molar-refractivity contribution in [2.24, 2.45) is 0 Å². The van der Waals surface area contributed by atoms with Gasteiger partial charge in [-0.1, -0.05) is 59.6 Å². The number of nitrogens with one attached hydrogen (secondary N) is 2. The first kappa shape index (κ1) is 28.8. The lowest BCUT2D eigenvalue weighted by Gasteiger charge is -2.16. The number of aliphatic hydroxyl groups is 1. The maximum atomic E-state index is 13.1. The molecule has 0 aliphatic heterocycles. The molecule has 4 rings (SSSR count). The summed E-state index contributed by atoms with van der Waals surface area (Å²) in [6, 6.07) is 13.4. The minimum absolute atomic E-state index is 0.0174. The summed E-state index contributed by atoms with van der Waals surface area (Å²) in [5.41, 5.74) is 2.09. The number of sulfone groups is 1. The smallest absolute Gasteiger partial charge is 0.326 e. The van der Waals surface area contributed by atoms with Gasteiger partial charge >= 0.3 is 5.97 Å². The van der Waals surface area contributed by atoms with Crippen molar-refractivity contribution in [3.05, 3.63) is 86.9 Å². The van der Waals surface area contributed by atoms with Gasteiger partial charge in [0, 0.05) is 24.6 Å². The minimum atomic E-state index is -3.49. The molecule has 9 nitrogen and oxygen atoms in total. The molecule has 1 heterocycles. The van der Waals surface area contributed by atoms with Crippen LogP contribution in [0.3, 0.4) is 0 Å². The first-order valence-electron chi connectivity index (χ1n) is 11.5. The fourth-order valence-corrected chi connectivity index (χ4v) is 6.06. The lowest BCUT2D eigenvalue weighted by Crippen LogP contribution is -2.42. The first-order chi connectivity index (χ1) is 18.5. The number of hydrogen-bond donors (Lipinski definition) is 4. The van der Waals surface area contributed by atoms with E-state index in [0.29, 0.717) is 28.0 Å². The average molecular weight is 609 g/mol. The number of benzene rings is 3. The zero-order valence-electron chi connectivity index (χ0n) is 20.4. The Morgan fingerprint density at radius 1 is 1.05 bits per heavy atom. The van der Waals surface area contributed by atoms with Gasteiger partial charge < -0.3 is 20.8 Å². The van der Waals surface area contributed by atoms with Gasteiger partial charge in [-0.2, -0.15) is 4.37 Å². The molecule has 3 aromatic carbocycles. The fraction of sp³-hybridized carbons (Fsp3) is 0.192. The zero-order chi connectivity index (χ0) is 28.3. The molecule has 39 heavy (non-hydrogen) atoms. The topological polar surface area (TPSA) is 146 Å². The first-order valence-corrected chi connectivity index (χ1v) is 14.9. The second-order valence-electron chi connectivity index (χ2n) is 8.77. The maximum absolute atomic E-state index is 13.1. The molecule has 1 amide bonds. The number of aromatic nitrogens is 1. The molecule has 1 unspecified atom stereocenters. The number of nitrogens with zero attached hydrogens (tertiary/aromatic N) is 1. The lowest BCUT2D eigenvalue weighted by molar-refractivity contribution is -0.139. The number of aliphatic hydroxyl groups excluding tert-OH is 1. The molecule has 0 fully saturated rings. The highest BCUT2D eigenvalue weighted by Gasteiger charge is 2.26. The summed E-state index contributed by atoms with van der Waals surface area (Å²) < 4.78 is 28.6. The van der Waals surface area contributed by atoms with Crippen LogP contribution in [0.1, 0.15) is 27.0 Å². The Balaban J connectivity index is 1.54. The van der Waals surface area contributed by atoms with E-state index in [1.807, 2.05) is 24.3 Å². The van der Waals surface area contributed by atoms with E-state index in [9.17, 15) is 28.2 Å². The van der Waals surface area contributed by atoms with Crippen LogP contribution in [0.25, 0.3) is 10.1 Å². The van der Waals surface area contributed by atoms with Gasteiger partial charge in [0.15, 0.2) is 9.84 Å². The highest BCUT2D eigenvalue weighted by Crippen LogP contribution is 2.39. The van der Waals surface area contributed by atoms with Crippen LogP contribution in [-0.2, 0) is 34.2 Å². The van der Waals surface area contributed by atoms with Crippen LogP contribution in [0.4, 0.5) is 5.82 Å². The van der Waals surface area contributed by atoms with Crippen LogP contribution < -0.4 is 10.6 Å². The predicted molar refractivity (Wildman–Crippen MR) is 151 cm³/mol. The summed E-state index contributed by atoms with van der Waals surface area (Å²) in [6.45, 7) is 0.407. The predicted octanol–water partition coefficient (Wildman–Crippen LogP) is 4.54. The number of aliphatic carboxylic acids is 1. The number of carboxylic acids is 1. The third-order valence-corrected chi connectivity index (χ3v) is 8.70. The van der Waals surface area contributed by atoms with E-state index >= 15 is 0 Å². The van der Waals surface area contributed by atoms with Gasteiger partial charge in [0.05, 0.1) is 31.8 Å². The van der Waals surface area contributed by atoms with E-state index in [-0.39, 0.29) is 33.5 Å². The average Bonchev–Trinajstić information content (AvgIpc) is 3.30. The summed E-state index contributed by atoms with van der Waals surface area (Å²) in [5, 5.41) is 25.2. The standard InChI is InChI=1S/C26H23Cl2N3O6S2/c1-39(36,37)17-4-2-3-16(9-17)10-20(26(34)35)30-25(33)21-19(27)11-18-23(22(21)28)38-31-24(18)29-12-14-5-7-15(13-32)8-6-14/h2-9,11,20,32H,10,12-13H2,1H3,(H,29,31)(H,30,33)(H,34,35). The molecule has 4 N–H and O–H groups in total. The number of halogens is 2. The molecule has 0 aliphatic carbocycles. The van der Waals surface area contributed by atoms with Crippen molar-refractivity contribution in [3.63, 3.8) is 0 Å². The normalized spacial score (nSPS) is 12.3. The van der Waals surface area contributed by atoms with E-state index in [2.05, 4.69) is 15.0 Å². The van der Waals surface area contributed by atoms with E-state index in [0.717, 1.165) is 28.9 Å². The molecule has 13 heteroatoms. The number of fused-ring (bicyclic) bond motifs is 1. The van der Waals surface area contributed by atoms with Gasteiger partial charge in [0.1, 0.15) is 11.9 Å². The summed E-state index contributed by atoms with van der Waals surface area (Å²) in [4.78, 5) is 25.1. The number of hydrogen-bond acceptors (Lipinski definition) is 8. The third kappa shape index (κ3) is 6.68. The monoisotopic (exact) mass is 607 g/mol. The van der Waals surface area contributed by atoms with Gasteiger partial charge in [-0.05, 0) is 46.4 Å². The van der Waals surface area contributed by atoms with Crippen molar-refractivity contribution in [2.75, 3.05) is 11.6 Å². The molecule has 0 bridgehead atoms. The molecule has 0 saturated heterocycles. The number of amides is 1. The zero-order valence-corrected chi connectivity index (χ0v) is 23.6. The van der Waals surface area contributed by atoms with Gasteiger partial charge in [0.2, 0.25) is 0 Å². The van der Waals surface area contributed by atoms with E-state index in [1.165, 1.54) is 18.2 Å². The van der Waals surface area contributed by atoms with E-state index in [4.69, 9.17) is 23.2 Å². The summed E-state index contributed by atoms with van der Waals surface area (Å²) in [7, 11) is -3.49. The number of carbonyl (C=O) groups is 2. The molecule has 0 aliphatic rings. The van der Waals surface area contributed by atoms with Crippen LogP contribution in [-0.4, -0.2) is 47.2 Å². The molecule has 4 aromatic rings. The molecule has 0 radical (unpaired) electrons. The molecular weight excluding hydrogens is 585 g/mol. The molecule has 0 saturated carbocycles. The Bertz CT molecular complexity index is 1660. The van der Waals surface area contributed by atoms with Crippen LogP contribution in [0.15, 0.2) is 59.5 Å². The Morgan fingerprint density at radius 3 is 2.38 bits per heavy atom.